The molecular formula is C17H16F3NO2. The molecule has 0 aliphatic rings. The van der Waals surface area contributed by atoms with Crippen molar-refractivity contribution in [2.75, 3.05) is 0 Å². The topological polar surface area (TPSA) is 52.3 Å². The van der Waals surface area contributed by atoms with Crippen LogP contribution in [0.2, 0.25) is 0 Å². The summed E-state index contributed by atoms with van der Waals surface area (Å²) in [5.74, 6) is -1.49. The second-order valence-electron chi connectivity index (χ2n) is 5.19. The Bertz CT molecular complexity index is 644. The fourth-order valence-corrected chi connectivity index (χ4v) is 2.06. The van der Waals surface area contributed by atoms with Gasteiger partial charge in [0.15, 0.2) is 0 Å². The summed E-state index contributed by atoms with van der Waals surface area (Å²) in [6, 6.07) is 16.3. The molecule has 1 unspecified atom stereocenters. The van der Waals surface area contributed by atoms with Crippen LogP contribution in [0.4, 0.5) is 13.2 Å². The summed E-state index contributed by atoms with van der Waals surface area (Å²) in [6.07, 6.45) is -5.60. The Morgan fingerprint density at radius 3 is 1.87 bits per heavy atom. The van der Waals surface area contributed by atoms with Crippen molar-refractivity contribution in [1.82, 2.24) is 0 Å². The number of nitrogens with two attached hydrogens (primary N) is 1. The number of carbonyl (C=O) groups is 1. The number of esters is 1. The highest BCUT2D eigenvalue weighted by atomic mass is 19.4. The first-order chi connectivity index (χ1) is 10.8. The van der Waals surface area contributed by atoms with Gasteiger partial charge in [-0.3, -0.25) is 0 Å². The summed E-state index contributed by atoms with van der Waals surface area (Å²) in [5.41, 5.74) is 3.23. The van der Waals surface area contributed by atoms with E-state index in [4.69, 9.17) is 10.5 Å². The van der Waals surface area contributed by atoms with Gasteiger partial charge in [0.05, 0.1) is 0 Å². The van der Waals surface area contributed by atoms with Crippen molar-refractivity contribution >= 4 is 5.97 Å². The van der Waals surface area contributed by atoms with E-state index in [1.54, 1.807) is 48.5 Å². The maximum atomic E-state index is 13.3. The molecule has 6 heteroatoms. The second kappa shape index (κ2) is 6.83. The van der Waals surface area contributed by atoms with Crippen LogP contribution in [0.25, 0.3) is 0 Å². The minimum atomic E-state index is -4.92. The van der Waals surface area contributed by atoms with Gasteiger partial charge in [0.2, 0.25) is 5.54 Å². The largest absolute Gasteiger partial charge is 0.459 e. The highest BCUT2D eigenvalue weighted by Gasteiger charge is 2.58. The van der Waals surface area contributed by atoms with Gasteiger partial charge >= 0.3 is 12.1 Å². The van der Waals surface area contributed by atoms with Gasteiger partial charge in [0.1, 0.15) is 6.61 Å². The number of benzene rings is 2. The van der Waals surface area contributed by atoms with Gasteiger partial charge in [0.25, 0.3) is 0 Å². The quantitative estimate of drug-likeness (QED) is 0.860. The van der Waals surface area contributed by atoms with Crippen molar-refractivity contribution in [1.29, 1.82) is 0 Å². The standard InChI is InChI=1S/C17H16F3NO2/c18-17(19,20)16(21,11-13-7-3-1-4-8-13)15(22)23-12-14-9-5-2-6-10-14/h1-10H,11-12,21H2. The Morgan fingerprint density at radius 2 is 1.39 bits per heavy atom. The predicted octanol–water partition coefficient (Wildman–Crippen LogP) is 3.23. The second-order valence-corrected chi connectivity index (χ2v) is 5.19. The van der Waals surface area contributed by atoms with E-state index in [0.29, 0.717) is 11.1 Å². The lowest BCUT2D eigenvalue weighted by molar-refractivity contribution is -0.206. The third kappa shape index (κ3) is 4.10. The molecule has 0 heterocycles. The molecule has 2 rings (SSSR count). The van der Waals surface area contributed by atoms with Crippen molar-refractivity contribution < 1.29 is 22.7 Å². The maximum Gasteiger partial charge on any atom is 0.417 e. The Hall–Kier alpha value is -2.34. The predicted molar refractivity (Wildman–Crippen MR) is 79.4 cm³/mol. The van der Waals surface area contributed by atoms with Crippen molar-refractivity contribution in [3.8, 4) is 0 Å². The molecule has 2 aromatic carbocycles. The highest BCUT2D eigenvalue weighted by molar-refractivity contribution is 5.82. The summed E-state index contributed by atoms with van der Waals surface area (Å²) >= 11 is 0. The number of ether oxygens (including phenoxy) is 1. The van der Waals surface area contributed by atoms with Crippen molar-refractivity contribution in [2.45, 2.75) is 24.7 Å². The van der Waals surface area contributed by atoms with Crippen LogP contribution in [0, 0.1) is 0 Å². The zero-order chi connectivity index (χ0) is 16.9. The van der Waals surface area contributed by atoms with Crippen LogP contribution in [0.3, 0.4) is 0 Å². The highest BCUT2D eigenvalue weighted by Crippen LogP contribution is 2.32. The first-order valence-corrected chi connectivity index (χ1v) is 6.93. The van der Waals surface area contributed by atoms with E-state index in [1.165, 1.54) is 12.1 Å². The normalized spacial score (nSPS) is 14.1. The van der Waals surface area contributed by atoms with Crippen molar-refractivity contribution in [3.05, 3.63) is 71.8 Å². The zero-order valence-corrected chi connectivity index (χ0v) is 12.2. The molecule has 3 nitrogen and oxygen atoms in total. The molecule has 0 saturated heterocycles. The van der Waals surface area contributed by atoms with E-state index in [2.05, 4.69) is 0 Å². The lowest BCUT2D eigenvalue weighted by Gasteiger charge is -2.29. The molecule has 0 aliphatic carbocycles. The first-order valence-electron chi connectivity index (χ1n) is 6.93. The minimum absolute atomic E-state index is 0.260. The summed E-state index contributed by atoms with van der Waals surface area (Å²) < 4.78 is 44.8. The van der Waals surface area contributed by atoms with E-state index in [0.717, 1.165) is 0 Å². The van der Waals surface area contributed by atoms with E-state index in [9.17, 15) is 18.0 Å². The average Bonchev–Trinajstić information content (AvgIpc) is 2.53. The monoisotopic (exact) mass is 323 g/mol. The smallest absolute Gasteiger partial charge is 0.417 e. The lowest BCUT2D eigenvalue weighted by atomic mass is 9.91. The van der Waals surface area contributed by atoms with Gasteiger partial charge in [-0.2, -0.15) is 13.2 Å². The fraction of sp³-hybridized carbons (Fsp3) is 0.235. The summed E-state index contributed by atoms with van der Waals surface area (Å²) in [5, 5.41) is 0. The number of hydrogen-bond donors (Lipinski definition) is 1. The minimum Gasteiger partial charge on any atom is -0.459 e. The van der Waals surface area contributed by atoms with Crippen LogP contribution in [-0.4, -0.2) is 17.7 Å². The Labute approximate surface area is 131 Å². The van der Waals surface area contributed by atoms with Gasteiger partial charge < -0.3 is 10.5 Å². The molecule has 122 valence electrons. The average molecular weight is 323 g/mol. The number of alkyl halides is 3. The molecule has 0 radical (unpaired) electrons. The van der Waals surface area contributed by atoms with Crippen molar-refractivity contribution in [2.24, 2.45) is 5.73 Å². The van der Waals surface area contributed by atoms with Gasteiger partial charge in [-0.15, -0.1) is 0 Å². The van der Waals surface area contributed by atoms with E-state index in [-0.39, 0.29) is 6.61 Å². The number of halogens is 3. The van der Waals surface area contributed by atoms with E-state index in [1.807, 2.05) is 0 Å². The maximum absolute atomic E-state index is 13.3. The molecule has 0 aromatic heterocycles. The molecule has 2 N–H and O–H groups in total. The summed E-state index contributed by atoms with van der Waals surface area (Å²) in [4.78, 5) is 12.0. The van der Waals surface area contributed by atoms with E-state index < -0.39 is 24.1 Å². The molecule has 0 amide bonds. The van der Waals surface area contributed by atoms with Gasteiger partial charge in [-0.05, 0) is 11.1 Å². The lowest BCUT2D eigenvalue weighted by Crippen LogP contribution is -2.61. The molecular weight excluding hydrogens is 307 g/mol. The summed E-state index contributed by atoms with van der Waals surface area (Å²) in [7, 11) is 0. The molecule has 23 heavy (non-hydrogen) atoms. The molecule has 0 bridgehead atoms. The third-order valence-electron chi connectivity index (χ3n) is 3.41. The van der Waals surface area contributed by atoms with Crippen LogP contribution in [-0.2, 0) is 22.6 Å². The van der Waals surface area contributed by atoms with Crippen LogP contribution in [0.1, 0.15) is 11.1 Å². The first kappa shape index (κ1) is 17.0. The van der Waals surface area contributed by atoms with Gasteiger partial charge in [-0.1, -0.05) is 60.7 Å². The molecule has 1 atom stereocenters. The summed E-state index contributed by atoms with van der Waals surface area (Å²) in [6.45, 7) is -0.260. The van der Waals surface area contributed by atoms with E-state index >= 15 is 0 Å². The molecule has 0 fully saturated rings. The number of rotatable bonds is 5. The Morgan fingerprint density at radius 1 is 0.913 bits per heavy atom. The third-order valence-corrected chi connectivity index (χ3v) is 3.41. The van der Waals surface area contributed by atoms with Crippen LogP contribution >= 0.6 is 0 Å². The van der Waals surface area contributed by atoms with Crippen LogP contribution in [0.5, 0.6) is 0 Å². The van der Waals surface area contributed by atoms with Gasteiger partial charge in [0, 0.05) is 6.42 Å². The fourth-order valence-electron chi connectivity index (χ4n) is 2.06. The van der Waals surface area contributed by atoms with Gasteiger partial charge in [-0.25, -0.2) is 4.79 Å². The molecule has 0 saturated carbocycles. The molecule has 0 aliphatic heterocycles. The van der Waals surface area contributed by atoms with Crippen molar-refractivity contribution in [3.63, 3.8) is 0 Å². The number of carbonyl (C=O) groups excluding carboxylic acids is 1. The Balaban J connectivity index is 2.15. The zero-order valence-electron chi connectivity index (χ0n) is 12.2. The van der Waals surface area contributed by atoms with Crippen LogP contribution in [0.15, 0.2) is 60.7 Å². The molecule has 2 aromatic rings. The SMILES string of the molecule is NC(Cc1ccccc1)(C(=O)OCc1ccccc1)C(F)(F)F. The molecule has 0 spiro atoms. The Kier molecular flexibility index (Phi) is 5.05. The number of hydrogen-bond acceptors (Lipinski definition) is 3. The van der Waals surface area contributed by atoms with Crippen LogP contribution < -0.4 is 5.73 Å².